The number of aryl methyl sites for hydroxylation is 2. The van der Waals surface area contributed by atoms with Crippen LogP contribution in [-0.2, 0) is 13.1 Å². The van der Waals surface area contributed by atoms with Gasteiger partial charge in [0.05, 0.1) is 23.1 Å². The van der Waals surface area contributed by atoms with E-state index < -0.39 is 0 Å². The van der Waals surface area contributed by atoms with Gasteiger partial charge >= 0.3 is 0 Å². The SMILES string of the molecule is Cc1sc2nc(CN(C)C)n(CCN3C(=O)c4ccccc4C3=O)c(=O)c2c1C. The fourth-order valence-corrected chi connectivity index (χ4v) is 4.68. The summed E-state index contributed by atoms with van der Waals surface area (Å²) in [4.78, 5) is 48.3. The van der Waals surface area contributed by atoms with Gasteiger partial charge in [-0.05, 0) is 45.6 Å². The van der Waals surface area contributed by atoms with Gasteiger partial charge in [-0.3, -0.25) is 23.9 Å². The number of benzene rings is 1. The van der Waals surface area contributed by atoms with Crippen molar-refractivity contribution in [3.63, 3.8) is 0 Å². The highest BCUT2D eigenvalue weighted by Gasteiger charge is 2.35. The van der Waals surface area contributed by atoms with Crippen LogP contribution in [0.1, 0.15) is 37.0 Å². The predicted octanol–water partition coefficient (Wildman–Crippen LogP) is 2.43. The van der Waals surface area contributed by atoms with Crippen LogP contribution in [0.4, 0.5) is 0 Å². The minimum Gasteiger partial charge on any atom is -0.302 e. The minimum absolute atomic E-state index is 0.120. The van der Waals surface area contributed by atoms with E-state index in [4.69, 9.17) is 4.98 Å². The molecule has 0 N–H and O–H groups in total. The highest BCUT2D eigenvalue weighted by molar-refractivity contribution is 7.18. The van der Waals surface area contributed by atoms with E-state index in [1.54, 1.807) is 28.8 Å². The summed E-state index contributed by atoms with van der Waals surface area (Å²) in [5.41, 5.74) is 1.64. The Kier molecular flexibility index (Phi) is 4.84. The molecule has 1 aliphatic rings. The Labute approximate surface area is 172 Å². The number of imide groups is 1. The number of hydrogen-bond acceptors (Lipinski definition) is 6. The molecule has 0 radical (unpaired) electrons. The van der Waals surface area contributed by atoms with Gasteiger partial charge < -0.3 is 4.90 Å². The number of thiophene rings is 1. The third-order valence-electron chi connectivity index (χ3n) is 5.25. The van der Waals surface area contributed by atoms with E-state index in [9.17, 15) is 14.4 Å². The molecule has 0 bridgehead atoms. The van der Waals surface area contributed by atoms with Crippen molar-refractivity contribution >= 4 is 33.4 Å². The fraction of sp³-hybridized carbons (Fsp3) is 0.333. The van der Waals surface area contributed by atoms with Gasteiger partial charge in [0, 0.05) is 18.0 Å². The molecule has 29 heavy (non-hydrogen) atoms. The maximum absolute atomic E-state index is 13.3. The molecule has 1 aromatic carbocycles. The van der Waals surface area contributed by atoms with Gasteiger partial charge in [0.1, 0.15) is 10.7 Å². The maximum atomic E-state index is 13.3. The van der Waals surface area contributed by atoms with Gasteiger partial charge in [-0.2, -0.15) is 0 Å². The molecule has 8 heteroatoms. The van der Waals surface area contributed by atoms with E-state index >= 15 is 0 Å². The van der Waals surface area contributed by atoms with Crippen LogP contribution in [0.15, 0.2) is 29.1 Å². The largest absolute Gasteiger partial charge is 0.302 e. The first-order valence-corrected chi connectivity index (χ1v) is 10.2. The van der Waals surface area contributed by atoms with E-state index in [0.717, 1.165) is 15.3 Å². The minimum atomic E-state index is -0.315. The average molecular weight is 410 g/mol. The van der Waals surface area contributed by atoms with E-state index in [-0.39, 0.29) is 30.5 Å². The summed E-state index contributed by atoms with van der Waals surface area (Å²) in [6, 6.07) is 6.80. The first-order chi connectivity index (χ1) is 13.8. The Hall–Kier alpha value is -2.84. The van der Waals surface area contributed by atoms with Crippen LogP contribution < -0.4 is 5.56 Å². The molecule has 3 heterocycles. The molecule has 0 atom stereocenters. The van der Waals surface area contributed by atoms with Gasteiger partial charge in [-0.15, -0.1) is 11.3 Å². The standard InChI is InChI=1S/C21H22N4O3S/c1-12-13(2)29-18-17(12)21(28)24(16(22-18)11-23(3)4)9-10-25-19(26)14-7-5-6-8-15(14)20(25)27/h5-8H,9-11H2,1-4H3. The Morgan fingerprint density at radius 1 is 1.00 bits per heavy atom. The highest BCUT2D eigenvalue weighted by Crippen LogP contribution is 2.27. The van der Waals surface area contributed by atoms with E-state index in [2.05, 4.69) is 0 Å². The van der Waals surface area contributed by atoms with Crippen molar-refractivity contribution in [3.8, 4) is 0 Å². The first kappa shape index (κ1) is 19.5. The monoisotopic (exact) mass is 410 g/mol. The van der Waals surface area contributed by atoms with Crippen molar-refractivity contribution in [2.45, 2.75) is 26.9 Å². The third-order valence-corrected chi connectivity index (χ3v) is 6.35. The van der Waals surface area contributed by atoms with Crippen molar-refractivity contribution < 1.29 is 9.59 Å². The lowest BCUT2D eigenvalue weighted by Crippen LogP contribution is -2.37. The molecule has 2 aromatic heterocycles. The number of fused-ring (bicyclic) bond motifs is 2. The lowest BCUT2D eigenvalue weighted by molar-refractivity contribution is 0.0647. The molecule has 7 nitrogen and oxygen atoms in total. The van der Waals surface area contributed by atoms with E-state index in [1.165, 1.54) is 16.2 Å². The topological polar surface area (TPSA) is 75.5 Å². The van der Waals surface area contributed by atoms with Gasteiger partial charge in [-0.25, -0.2) is 4.98 Å². The number of nitrogens with zero attached hydrogens (tertiary/aromatic N) is 4. The molecule has 3 aromatic rings. The Morgan fingerprint density at radius 3 is 2.21 bits per heavy atom. The molecule has 4 rings (SSSR count). The summed E-state index contributed by atoms with van der Waals surface area (Å²) in [5.74, 6) is -0.000771. The molecule has 2 amide bonds. The quantitative estimate of drug-likeness (QED) is 0.604. The molecule has 0 saturated heterocycles. The molecule has 0 fully saturated rings. The molecule has 0 spiro atoms. The van der Waals surface area contributed by atoms with Gasteiger partial charge in [0.15, 0.2) is 0 Å². The number of carbonyl (C=O) groups excluding carboxylic acids is 2. The highest BCUT2D eigenvalue weighted by atomic mass is 32.1. The van der Waals surface area contributed by atoms with Crippen molar-refractivity contribution in [3.05, 3.63) is 62.0 Å². The lowest BCUT2D eigenvalue weighted by atomic mass is 10.1. The zero-order valence-corrected chi connectivity index (χ0v) is 17.7. The molecule has 150 valence electrons. The summed E-state index contributed by atoms with van der Waals surface area (Å²) in [6.07, 6.45) is 0. The molecule has 0 saturated carbocycles. The van der Waals surface area contributed by atoms with E-state index in [0.29, 0.717) is 28.9 Å². The lowest BCUT2D eigenvalue weighted by Gasteiger charge is -2.19. The Morgan fingerprint density at radius 2 is 1.62 bits per heavy atom. The average Bonchev–Trinajstić information content (AvgIpc) is 3.09. The van der Waals surface area contributed by atoms with Crippen LogP contribution in [0.3, 0.4) is 0 Å². The maximum Gasteiger partial charge on any atom is 0.262 e. The summed E-state index contributed by atoms with van der Waals surface area (Å²) in [7, 11) is 3.82. The predicted molar refractivity (Wildman–Crippen MR) is 113 cm³/mol. The van der Waals surface area contributed by atoms with Crippen LogP contribution in [0.2, 0.25) is 0 Å². The van der Waals surface area contributed by atoms with E-state index in [1.807, 2.05) is 32.8 Å². The van der Waals surface area contributed by atoms with Crippen molar-refractivity contribution in [1.82, 2.24) is 19.4 Å². The zero-order valence-electron chi connectivity index (χ0n) is 16.9. The van der Waals surface area contributed by atoms with Crippen LogP contribution in [-0.4, -0.2) is 51.8 Å². The fourth-order valence-electron chi connectivity index (χ4n) is 3.65. The van der Waals surface area contributed by atoms with Gasteiger partial charge in [0.2, 0.25) is 0 Å². The Balaban J connectivity index is 1.71. The normalized spacial score (nSPS) is 13.8. The van der Waals surface area contributed by atoms with Gasteiger partial charge in [-0.1, -0.05) is 12.1 Å². The molecular weight excluding hydrogens is 388 g/mol. The Bertz CT molecular complexity index is 1170. The van der Waals surface area contributed by atoms with Crippen LogP contribution in [0.5, 0.6) is 0 Å². The third kappa shape index (κ3) is 3.18. The smallest absolute Gasteiger partial charge is 0.262 e. The number of carbonyl (C=O) groups is 2. The van der Waals surface area contributed by atoms with Gasteiger partial charge in [0.25, 0.3) is 17.4 Å². The van der Waals surface area contributed by atoms with Crippen LogP contribution in [0.25, 0.3) is 10.2 Å². The summed E-state index contributed by atoms with van der Waals surface area (Å²) in [6.45, 7) is 4.74. The number of hydrogen-bond donors (Lipinski definition) is 0. The molecule has 1 aliphatic heterocycles. The second-order valence-electron chi connectivity index (χ2n) is 7.49. The first-order valence-electron chi connectivity index (χ1n) is 9.39. The van der Waals surface area contributed by atoms with Crippen LogP contribution >= 0.6 is 11.3 Å². The van der Waals surface area contributed by atoms with Crippen molar-refractivity contribution in [2.24, 2.45) is 0 Å². The number of amides is 2. The molecule has 0 aliphatic carbocycles. The van der Waals surface area contributed by atoms with Crippen LogP contribution in [0, 0.1) is 13.8 Å². The summed E-state index contributed by atoms with van der Waals surface area (Å²) < 4.78 is 1.60. The zero-order chi connectivity index (χ0) is 20.9. The second kappa shape index (κ2) is 7.20. The summed E-state index contributed by atoms with van der Waals surface area (Å²) in [5, 5.41) is 0.623. The van der Waals surface area contributed by atoms with Crippen molar-refractivity contribution in [2.75, 3.05) is 20.6 Å². The van der Waals surface area contributed by atoms with Crippen molar-refractivity contribution in [1.29, 1.82) is 0 Å². The molecular formula is C21H22N4O3S. The number of rotatable bonds is 5. The summed E-state index contributed by atoms with van der Waals surface area (Å²) >= 11 is 1.52. The second-order valence-corrected chi connectivity index (χ2v) is 8.70. The molecule has 0 unspecified atom stereocenters. The number of aromatic nitrogens is 2.